The van der Waals surface area contributed by atoms with Gasteiger partial charge in [0.05, 0.1) is 5.54 Å². The lowest BCUT2D eigenvalue weighted by Crippen LogP contribution is -2.55. The monoisotopic (exact) mass is 200 g/mol. The Labute approximate surface area is 85.4 Å². The van der Waals surface area contributed by atoms with Crippen molar-refractivity contribution in [2.75, 3.05) is 0 Å². The number of carbonyl (C=O) groups excluding carboxylic acids is 2. The fourth-order valence-electron chi connectivity index (χ4n) is 0.744. The second-order valence-corrected chi connectivity index (χ2v) is 5.01. The highest BCUT2D eigenvalue weighted by Gasteiger charge is 2.26. The Balaban J connectivity index is 4.27. The minimum absolute atomic E-state index is 0.0680. The summed E-state index contributed by atoms with van der Waals surface area (Å²) in [5, 5.41) is 5.34. The van der Waals surface area contributed by atoms with Gasteiger partial charge in [-0.2, -0.15) is 0 Å². The Morgan fingerprint density at radius 3 is 1.64 bits per heavy atom. The Morgan fingerprint density at radius 1 is 0.929 bits per heavy atom. The summed E-state index contributed by atoms with van der Waals surface area (Å²) in [5.41, 5.74) is -1.10. The summed E-state index contributed by atoms with van der Waals surface area (Å²) in [6.07, 6.45) is 0. The van der Waals surface area contributed by atoms with E-state index in [0.717, 1.165) is 0 Å². The number of rotatable bonds is 2. The summed E-state index contributed by atoms with van der Waals surface area (Å²) in [6.45, 7) is 10.5. The van der Waals surface area contributed by atoms with Gasteiger partial charge in [0.2, 0.25) is 0 Å². The number of hydrogen-bond donors (Lipinski definition) is 2. The largest absolute Gasteiger partial charge is 0.334 e. The Kier molecular flexibility index (Phi) is 3.68. The Hall–Kier alpha value is -1.06. The normalized spacial score (nSPS) is 12.1. The van der Waals surface area contributed by atoms with E-state index in [1.807, 2.05) is 20.8 Å². The number of urea groups is 1. The lowest BCUT2D eigenvalue weighted by atomic mass is 10.0. The summed E-state index contributed by atoms with van der Waals surface area (Å²) < 4.78 is 0. The van der Waals surface area contributed by atoms with E-state index in [-0.39, 0.29) is 17.4 Å². The van der Waals surface area contributed by atoms with Crippen molar-refractivity contribution in [2.24, 2.45) is 0 Å². The topological polar surface area (TPSA) is 58.2 Å². The summed E-state index contributed by atoms with van der Waals surface area (Å²) in [6, 6.07) is -0.322. The molecular formula is C10H20N2O2. The van der Waals surface area contributed by atoms with E-state index in [2.05, 4.69) is 10.6 Å². The van der Waals surface area contributed by atoms with Gasteiger partial charge >= 0.3 is 6.03 Å². The number of hydrogen-bond acceptors (Lipinski definition) is 2. The van der Waals surface area contributed by atoms with Crippen LogP contribution in [0.4, 0.5) is 4.79 Å². The van der Waals surface area contributed by atoms with Gasteiger partial charge in [0.15, 0.2) is 5.78 Å². The molecule has 0 aromatic carbocycles. The first-order chi connectivity index (χ1) is 6.04. The molecule has 0 fully saturated rings. The maximum absolute atomic E-state index is 11.4. The van der Waals surface area contributed by atoms with E-state index in [1.54, 1.807) is 13.8 Å². The molecule has 2 amide bonds. The highest BCUT2D eigenvalue weighted by Crippen LogP contribution is 2.04. The van der Waals surface area contributed by atoms with Crippen LogP contribution in [0.3, 0.4) is 0 Å². The van der Waals surface area contributed by atoms with Gasteiger partial charge in [-0.15, -0.1) is 0 Å². The van der Waals surface area contributed by atoms with Gasteiger partial charge in [-0.25, -0.2) is 4.79 Å². The fraction of sp³-hybridized carbons (Fsp3) is 0.800. The molecule has 0 aliphatic carbocycles. The van der Waals surface area contributed by atoms with Gasteiger partial charge in [-0.3, -0.25) is 4.79 Å². The average molecular weight is 200 g/mol. The highest BCUT2D eigenvalue weighted by atomic mass is 16.2. The third-order valence-electron chi connectivity index (χ3n) is 1.79. The van der Waals surface area contributed by atoms with E-state index >= 15 is 0 Å². The molecule has 0 aromatic heterocycles. The first-order valence-corrected chi connectivity index (χ1v) is 4.66. The predicted molar refractivity (Wildman–Crippen MR) is 56.2 cm³/mol. The lowest BCUT2D eigenvalue weighted by Gasteiger charge is -2.27. The van der Waals surface area contributed by atoms with Crippen molar-refractivity contribution >= 4 is 11.8 Å². The fourth-order valence-corrected chi connectivity index (χ4v) is 0.744. The third kappa shape index (κ3) is 4.84. The van der Waals surface area contributed by atoms with Crippen LogP contribution in [0.15, 0.2) is 0 Å². The van der Waals surface area contributed by atoms with Gasteiger partial charge in [0.25, 0.3) is 0 Å². The van der Waals surface area contributed by atoms with Crippen LogP contribution in [-0.2, 0) is 4.79 Å². The summed E-state index contributed by atoms with van der Waals surface area (Å²) in [7, 11) is 0. The lowest BCUT2D eigenvalue weighted by molar-refractivity contribution is -0.121. The number of amides is 2. The zero-order valence-corrected chi connectivity index (χ0v) is 9.82. The zero-order chi connectivity index (χ0) is 11.6. The highest BCUT2D eigenvalue weighted by molar-refractivity contribution is 5.90. The molecule has 0 spiro atoms. The molecule has 4 heteroatoms. The van der Waals surface area contributed by atoms with Crippen LogP contribution in [-0.4, -0.2) is 22.9 Å². The molecule has 0 rings (SSSR count). The van der Waals surface area contributed by atoms with Crippen LogP contribution in [0, 0.1) is 0 Å². The molecule has 0 saturated carbocycles. The molecule has 0 unspecified atom stereocenters. The molecule has 0 aromatic rings. The zero-order valence-electron chi connectivity index (χ0n) is 9.82. The van der Waals surface area contributed by atoms with Gasteiger partial charge in [0, 0.05) is 5.54 Å². The van der Waals surface area contributed by atoms with Crippen molar-refractivity contribution in [3.8, 4) is 0 Å². The number of Topliss-reactive ketones (excluding diaryl/α,β-unsaturated/α-hetero) is 1. The SMILES string of the molecule is CC(=O)C(C)(C)NC(=O)NC(C)(C)C. The predicted octanol–water partition coefficient (Wildman–Crippen LogP) is 1.45. The minimum Gasteiger partial charge on any atom is -0.334 e. The summed E-state index contributed by atoms with van der Waals surface area (Å²) in [4.78, 5) is 22.5. The van der Waals surface area contributed by atoms with Crippen molar-refractivity contribution in [2.45, 2.75) is 52.6 Å². The van der Waals surface area contributed by atoms with E-state index in [1.165, 1.54) is 6.92 Å². The van der Waals surface area contributed by atoms with Gasteiger partial charge in [-0.1, -0.05) is 0 Å². The Bertz CT molecular complexity index is 239. The van der Waals surface area contributed by atoms with Crippen molar-refractivity contribution in [1.82, 2.24) is 10.6 Å². The smallest absolute Gasteiger partial charge is 0.315 e. The molecule has 0 heterocycles. The average Bonchev–Trinajstić information content (AvgIpc) is 1.79. The van der Waals surface area contributed by atoms with Crippen LogP contribution < -0.4 is 10.6 Å². The van der Waals surface area contributed by atoms with E-state index in [4.69, 9.17) is 0 Å². The summed E-state index contributed by atoms with van der Waals surface area (Å²) >= 11 is 0. The number of nitrogens with one attached hydrogen (secondary N) is 2. The molecular weight excluding hydrogens is 180 g/mol. The van der Waals surface area contributed by atoms with Crippen molar-refractivity contribution in [3.63, 3.8) is 0 Å². The van der Waals surface area contributed by atoms with Crippen molar-refractivity contribution < 1.29 is 9.59 Å². The molecule has 0 aliphatic rings. The third-order valence-corrected chi connectivity index (χ3v) is 1.79. The van der Waals surface area contributed by atoms with Crippen molar-refractivity contribution in [3.05, 3.63) is 0 Å². The quantitative estimate of drug-likeness (QED) is 0.708. The van der Waals surface area contributed by atoms with Crippen LogP contribution in [0.1, 0.15) is 41.5 Å². The van der Waals surface area contributed by atoms with Gasteiger partial charge < -0.3 is 10.6 Å². The second-order valence-electron chi connectivity index (χ2n) is 5.01. The molecule has 0 bridgehead atoms. The number of carbonyl (C=O) groups is 2. The van der Waals surface area contributed by atoms with E-state index in [0.29, 0.717) is 0 Å². The molecule has 2 N–H and O–H groups in total. The number of ketones is 1. The molecule has 0 atom stereocenters. The molecule has 0 radical (unpaired) electrons. The molecule has 14 heavy (non-hydrogen) atoms. The molecule has 0 aliphatic heterocycles. The standard InChI is InChI=1S/C10H20N2O2/c1-7(13)10(5,6)12-8(14)11-9(2,3)4/h1-6H3,(H2,11,12,14). The van der Waals surface area contributed by atoms with E-state index < -0.39 is 5.54 Å². The minimum atomic E-state index is -0.810. The van der Waals surface area contributed by atoms with Crippen LogP contribution in [0.5, 0.6) is 0 Å². The summed E-state index contributed by atoms with van der Waals surface area (Å²) in [5.74, 6) is -0.0680. The Morgan fingerprint density at radius 2 is 1.36 bits per heavy atom. The first kappa shape index (κ1) is 12.9. The maximum atomic E-state index is 11.4. The molecule has 0 saturated heterocycles. The van der Waals surface area contributed by atoms with Crippen LogP contribution >= 0.6 is 0 Å². The molecule has 82 valence electrons. The van der Waals surface area contributed by atoms with Crippen molar-refractivity contribution in [1.29, 1.82) is 0 Å². The van der Waals surface area contributed by atoms with E-state index in [9.17, 15) is 9.59 Å². The van der Waals surface area contributed by atoms with Gasteiger partial charge in [0.1, 0.15) is 0 Å². The molecule has 4 nitrogen and oxygen atoms in total. The maximum Gasteiger partial charge on any atom is 0.315 e. The second kappa shape index (κ2) is 3.98. The van der Waals surface area contributed by atoms with Gasteiger partial charge in [-0.05, 0) is 41.5 Å². The first-order valence-electron chi connectivity index (χ1n) is 4.66. The van der Waals surface area contributed by atoms with Crippen LogP contribution in [0.25, 0.3) is 0 Å². The van der Waals surface area contributed by atoms with Crippen LogP contribution in [0.2, 0.25) is 0 Å².